The number of rotatable bonds is 5. The summed E-state index contributed by atoms with van der Waals surface area (Å²) in [4.78, 5) is 24.6. The normalized spacial score (nSPS) is 9.94. The minimum absolute atomic E-state index is 0.165. The van der Waals surface area contributed by atoms with Crippen molar-refractivity contribution >= 4 is 23.5 Å². The molecule has 0 aromatic heterocycles. The summed E-state index contributed by atoms with van der Waals surface area (Å²) in [5.41, 5.74) is 0.508. The molecular weight excluding hydrogens is 254 g/mol. The van der Waals surface area contributed by atoms with E-state index in [4.69, 9.17) is 16.3 Å². The van der Waals surface area contributed by atoms with Crippen LogP contribution in [0, 0.1) is 0 Å². The highest BCUT2D eigenvalue weighted by Gasteiger charge is 2.13. The topological polar surface area (TPSA) is 46.6 Å². The molecule has 0 spiro atoms. The molecule has 5 heteroatoms. The molecule has 4 nitrogen and oxygen atoms in total. The zero-order valence-corrected chi connectivity index (χ0v) is 11.2. The highest BCUT2D eigenvalue weighted by Crippen LogP contribution is 2.12. The first-order valence-corrected chi connectivity index (χ1v) is 6.09. The molecule has 0 bridgehead atoms. The number of ether oxygens (including phenoxy) is 1. The maximum absolute atomic E-state index is 12.0. The smallest absolute Gasteiger partial charge is 0.307 e. The molecule has 0 heterocycles. The van der Waals surface area contributed by atoms with E-state index < -0.39 is 0 Å². The van der Waals surface area contributed by atoms with Crippen molar-refractivity contribution in [1.29, 1.82) is 0 Å². The van der Waals surface area contributed by atoms with Gasteiger partial charge in [-0.25, -0.2) is 0 Å². The van der Waals surface area contributed by atoms with Crippen LogP contribution in [0.15, 0.2) is 24.3 Å². The lowest BCUT2D eigenvalue weighted by molar-refractivity contribution is -0.143. The maximum atomic E-state index is 12.0. The van der Waals surface area contributed by atoms with Crippen LogP contribution in [0.5, 0.6) is 0 Å². The summed E-state index contributed by atoms with van der Waals surface area (Å²) >= 11 is 5.82. The molecule has 0 aliphatic heterocycles. The number of nitrogens with zero attached hydrogens (tertiary/aromatic N) is 1. The Balaban J connectivity index is 2.54. The van der Waals surface area contributed by atoms with Crippen LogP contribution in [0.1, 0.15) is 23.7 Å². The van der Waals surface area contributed by atoms with Crippen LogP contribution >= 0.6 is 11.6 Å². The Kier molecular flexibility index (Phi) is 5.65. The van der Waals surface area contributed by atoms with Gasteiger partial charge in [0.1, 0.15) is 0 Å². The lowest BCUT2D eigenvalue weighted by Crippen LogP contribution is -2.29. The molecule has 1 amide bonds. The van der Waals surface area contributed by atoms with Crippen LogP contribution in [0.2, 0.25) is 5.02 Å². The molecule has 0 fully saturated rings. The summed E-state index contributed by atoms with van der Waals surface area (Å²) in [5, 5.41) is 0.514. The Hall–Kier alpha value is -1.55. The van der Waals surface area contributed by atoms with Crippen molar-refractivity contribution in [2.75, 3.05) is 20.2 Å². The summed E-state index contributed by atoms with van der Waals surface area (Å²) in [6.07, 6.45) is 0.191. The van der Waals surface area contributed by atoms with E-state index in [9.17, 15) is 9.59 Å². The third kappa shape index (κ3) is 4.37. The lowest BCUT2D eigenvalue weighted by Gasteiger charge is -2.16. The van der Waals surface area contributed by atoms with E-state index in [2.05, 4.69) is 0 Å². The second-order valence-corrected chi connectivity index (χ2v) is 4.23. The van der Waals surface area contributed by atoms with Crippen molar-refractivity contribution in [2.45, 2.75) is 13.3 Å². The Morgan fingerprint density at radius 2 is 2.11 bits per heavy atom. The molecular formula is C13H16ClNO3. The fraction of sp³-hybridized carbons (Fsp3) is 0.385. The van der Waals surface area contributed by atoms with Gasteiger partial charge in [0.15, 0.2) is 0 Å². The van der Waals surface area contributed by atoms with Gasteiger partial charge in [-0.15, -0.1) is 0 Å². The summed E-state index contributed by atoms with van der Waals surface area (Å²) in [6, 6.07) is 6.71. The number of halogens is 1. The van der Waals surface area contributed by atoms with Gasteiger partial charge in [-0.1, -0.05) is 17.7 Å². The number of amides is 1. The molecule has 0 aliphatic carbocycles. The number of hydrogen-bond acceptors (Lipinski definition) is 3. The van der Waals surface area contributed by atoms with Crippen LogP contribution < -0.4 is 0 Å². The first-order chi connectivity index (χ1) is 8.54. The van der Waals surface area contributed by atoms with E-state index in [0.29, 0.717) is 23.7 Å². The van der Waals surface area contributed by atoms with Gasteiger partial charge in [-0.2, -0.15) is 0 Å². The quantitative estimate of drug-likeness (QED) is 0.771. The fourth-order valence-corrected chi connectivity index (χ4v) is 1.63. The molecule has 0 aliphatic rings. The highest BCUT2D eigenvalue weighted by atomic mass is 35.5. The van der Waals surface area contributed by atoms with E-state index in [1.807, 2.05) is 0 Å². The van der Waals surface area contributed by atoms with Crippen LogP contribution in [-0.2, 0) is 9.53 Å². The zero-order valence-electron chi connectivity index (χ0n) is 10.5. The third-order valence-electron chi connectivity index (χ3n) is 2.37. The van der Waals surface area contributed by atoms with E-state index in [-0.39, 0.29) is 18.3 Å². The first-order valence-electron chi connectivity index (χ1n) is 5.71. The Bertz CT molecular complexity index is 434. The summed E-state index contributed by atoms with van der Waals surface area (Å²) in [6.45, 7) is 2.42. The van der Waals surface area contributed by atoms with Gasteiger partial charge >= 0.3 is 5.97 Å². The van der Waals surface area contributed by atoms with Crippen molar-refractivity contribution in [3.05, 3.63) is 34.9 Å². The Morgan fingerprint density at radius 3 is 2.72 bits per heavy atom. The third-order valence-corrected chi connectivity index (χ3v) is 2.61. The van der Waals surface area contributed by atoms with Gasteiger partial charge in [0, 0.05) is 24.2 Å². The van der Waals surface area contributed by atoms with E-state index in [1.165, 1.54) is 4.90 Å². The molecule has 0 atom stereocenters. The average Bonchev–Trinajstić information content (AvgIpc) is 2.35. The molecule has 0 radical (unpaired) electrons. The van der Waals surface area contributed by atoms with Crippen LogP contribution in [0.25, 0.3) is 0 Å². The standard InChI is InChI=1S/C13H16ClNO3/c1-3-18-12(16)7-8-15(2)13(17)10-5-4-6-11(14)9-10/h4-6,9H,3,7-8H2,1-2H3. The maximum Gasteiger partial charge on any atom is 0.307 e. The predicted octanol–water partition coefficient (Wildman–Crippen LogP) is 2.37. The summed E-state index contributed by atoms with van der Waals surface area (Å²) < 4.78 is 4.80. The second kappa shape index (κ2) is 7.01. The molecule has 0 unspecified atom stereocenters. The predicted molar refractivity (Wildman–Crippen MR) is 69.7 cm³/mol. The minimum atomic E-state index is -0.303. The SMILES string of the molecule is CCOC(=O)CCN(C)C(=O)c1cccc(Cl)c1. The molecule has 1 aromatic rings. The van der Waals surface area contributed by atoms with Crippen LogP contribution in [-0.4, -0.2) is 37.0 Å². The van der Waals surface area contributed by atoms with Gasteiger partial charge in [-0.3, -0.25) is 9.59 Å². The van der Waals surface area contributed by atoms with Gasteiger partial charge in [0.25, 0.3) is 5.91 Å². The number of benzene rings is 1. The molecule has 0 saturated carbocycles. The van der Waals surface area contributed by atoms with Gasteiger partial charge in [0.2, 0.25) is 0 Å². The highest BCUT2D eigenvalue weighted by molar-refractivity contribution is 6.30. The Morgan fingerprint density at radius 1 is 1.39 bits per heavy atom. The molecule has 1 aromatic carbocycles. The van der Waals surface area contributed by atoms with Gasteiger partial charge < -0.3 is 9.64 Å². The number of hydrogen-bond donors (Lipinski definition) is 0. The molecule has 18 heavy (non-hydrogen) atoms. The lowest BCUT2D eigenvalue weighted by atomic mass is 10.2. The van der Waals surface area contributed by atoms with Crippen LogP contribution in [0.3, 0.4) is 0 Å². The molecule has 1 rings (SSSR count). The minimum Gasteiger partial charge on any atom is -0.466 e. The summed E-state index contributed by atoms with van der Waals surface area (Å²) in [5.74, 6) is -0.468. The average molecular weight is 270 g/mol. The molecule has 0 N–H and O–H groups in total. The summed E-state index contributed by atoms with van der Waals surface area (Å²) in [7, 11) is 1.64. The van der Waals surface area contributed by atoms with Crippen molar-refractivity contribution in [3.8, 4) is 0 Å². The molecule has 0 saturated heterocycles. The fourth-order valence-electron chi connectivity index (χ4n) is 1.44. The monoisotopic (exact) mass is 269 g/mol. The van der Waals surface area contributed by atoms with E-state index >= 15 is 0 Å². The Labute approximate surface area is 111 Å². The van der Waals surface area contributed by atoms with Crippen molar-refractivity contribution in [2.24, 2.45) is 0 Å². The zero-order chi connectivity index (χ0) is 13.5. The number of carbonyl (C=O) groups excluding carboxylic acids is 2. The van der Waals surface area contributed by atoms with Crippen molar-refractivity contribution in [1.82, 2.24) is 4.90 Å². The number of carbonyl (C=O) groups is 2. The first kappa shape index (κ1) is 14.5. The van der Waals surface area contributed by atoms with Gasteiger partial charge in [0.05, 0.1) is 13.0 Å². The van der Waals surface area contributed by atoms with Gasteiger partial charge in [-0.05, 0) is 25.1 Å². The van der Waals surface area contributed by atoms with E-state index in [0.717, 1.165) is 0 Å². The van der Waals surface area contributed by atoms with Crippen molar-refractivity contribution < 1.29 is 14.3 Å². The van der Waals surface area contributed by atoms with Crippen LogP contribution in [0.4, 0.5) is 0 Å². The largest absolute Gasteiger partial charge is 0.466 e. The second-order valence-electron chi connectivity index (χ2n) is 3.79. The number of esters is 1. The van der Waals surface area contributed by atoms with Crippen molar-refractivity contribution in [3.63, 3.8) is 0 Å². The van der Waals surface area contributed by atoms with E-state index in [1.54, 1.807) is 38.2 Å². The molecule has 98 valence electrons.